The lowest BCUT2D eigenvalue weighted by Crippen LogP contribution is -2.31. The number of nitrogens with one attached hydrogen (secondary N) is 1. The zero-order valence-corrected chi connectivity index (χ0v) is 10.3. The van der Waals surface area contributed by atoms with Crippen molar-refractivity contribution in [3.8, 4) is 6.07 Å². The molecule has 0 radical (unpaired) electrons. The molecule has 0 bridgehead atoms. The summed E-state index contributed by atoms with van der Waals surface area (Å²) in [5, 5.41) is 12.1. The Balaban J connectivity index is 2.89. The van der Waals surface area contributed by atoms with Gasteiger partial charge in [-0.05, 0) is 33.3 Å². The fourth-order valence-electron chi connectivity index (χ4n) is 1.67. The second kappa shape index (κ2) is 4.93. The van der Waals surface area contributed by atoms with Gasteiger partial charge in [0.05, 0.1) is 0 Å². The number of hydrogen-bond donors (Lipinski definition) is 1. The van der Waals surface area contributed by atoms with E-state index in [0.29, 0.717) is 11.6 Å². The topological polar surface area (TPSA) is 61.6 Å². The van der Waals surface area contributed by atoms with E-state index >= 15 is 0 Å². The molecule has 1 heterocycles. The van der Waals surface area contributed by atoms with Crippen LogP contribution >= 0.6 is 0 Å². The summed E-state index contributed by atoms with van der Waals surface area (Å²) in [6.45, 7) is 8.21. The largest absolute Gasteiger partial charge is 0.349 e. The Labute approximate surface area is 96.7 Å². The molecule has 0 unspecified atom stereocenters. The second-order valence-electron chi connectivity index (χ2n) is 4.59. The maximum absolute atomic E-state index is 8.82. The fourth-order valence-corrected chi connectivity index (χ4v) is 1.67. The van der Waals surface area contributed by atoms with Gasteiger partial charge in [-0.2, -0.15) is 5.26 Å². The van der Waals surface area contributed by atoms with E-state index in [9.17, 15) is 0 Å². The van der Waals surface area contributed by atoms with Gasteiger partial charge < -0.3 is 5.32 Å². The van der Waals surface area contributed by atoms with Gasteiger partial charge in [-0.1, -0.05) is 13.3 Å². The molecular formula is C12H18N4. The zero-order valence-electron chi connectivity index (χ0n) is 10.3. The third-order valence-electron chi connectivity index (χ3n) is 2.29. The Morgan fingerprint density at radius 3 is 2.69 bits per heavy atom. The quantitative estimate of drug-likeness (QED) is 0.844. The predicted octanol–water partition coefficient (Wildman–Crippen LogP) is 2.65. The van der Waals surface area contributed by atoms with E-state index in [1.807, 2.05) is 13.0 Å². The summed E-state index contributed by atoms with van der Waals surface area (Å²) in [6, 6.07) is 3.71. The summed E-state index contributed by atoms with van der Waals surface area (Å²) in [4.78, 5) is 8.41. The Hall–Kier alpha value is -1.63. The minimum atomic E-state index is -0.0464. The fraction of sp³-hybridized carbons (Fsp3) is 0.583. The zero-order chi connectivity index (χ0) is 12.2. The summed E-state index contributed by atoms with van der Waals surface area (Å²) in [5.74, 6) is 0.537. The third-order valence-corrected chi connectivity index (χ3v) is 2.29. The average molecular weight is 218 g/mol. The SMILES string of the molecule is CCCC(C)(C)Nc1nc(C)cc(C#N)n1. The molecule has 0 atom stereocenters. The molecule has 0 spiro atoms. The molecule has 1 N–H and O–H groups in total. The van der Waals surface area contributed by atoms with E-state index in [2.05, 4.69) is 36.1 Å². The van der Waals surface area contributed by atoms with Gasteiger partial charge in [0.2, 0.25) is 5.95 Å². The van der Waals surface area contributed by atoms with Crippen LogP contribution in [0.5, 0.6) is 0 Å². The molecule has 0 saturated heterocycles. The highest BCUT2D eigenvalue weighted by molar-refractivity contribution is 5.35. The van der Waals surface area contributed by atoms with Crippen molar-refractivity contribution in [3.05, 3.63) is 17.5 Å². The van der Waals surface area contributed by atoms with Gasteiger partial charge in [0.25, 0.3) is 0 Å². The molecule has 0 aliphatic rings. The van der Waals surface area contributed by atoms with Crippen LogP contribution in [0.1, 0.15) is 45.0 Å². The smallest absolute Gasteiger partial charge is 0.224 e. The molecule has 0 fully saturated rings. The lowest BCUT2D eigenvalue weighted by atomic mass is 9.99. The Morgan fingerprint density at radius 2 is 2.12 bits per heavy atom. The van der Waals surface area contributed by atoms with Crippen molar-refractivity contribution in [1.82, 2.24) is 9.97 Å². The number of hydrogen-bond acceptors (Lipinski definition) is 4. The third kappa shape index (κ3) is 3.50. The highest BCUT2D eigenvalue weighted by Gasteiger charge is 2.17. The average Bonchev–Trinajstić information content (AvgIpc) is 2.15. The van der Waals surface area contributed by atoms with Gasteiger partial charge in [-0.3, -0.25) is 0 Å². The molecule has 0 amide bonds. The van der Waals surface area contributed by atoms with Crippen LogP contribution in [0.2, 0.25) is 0 Å². The van der Waals surface area contributed by atoms with Gasteiger partial charge in [-0.25, -0.2) is 9.97 Å². The summed E-state index contributed by atoms with van der Waals surface area (Å²) in [5.41, 5.74) is 1.17. The summed E-state index contributed by atoms with van der Waals surface area (Å²) in [6.07, 6.45) is 2.13. The van der Waals surface area contributed by atoms with E-state index in [1.165, 1.54) is 0 Å². The monoisotopic (exact) mass is 218 g/mol. The van der Waals surface area contributed by atoms with Gasteiger partial charge in [-0.15, -0.1) is 0 Å². The maximum Gasteiger partial charge on any atom is 0.224 e. The predicted molar refractivity (Wildman–Crippen MR) is 64.1 cm³/mol. The molecule has 0 aromatic carbocycles. The first kappa shape index (κ1) is 12.4. The summed E-state index contributed by atoms with van der Waals surface area (Å²) >= 11 is 0. The number of rotatable bonds is 4. The molecular weight excluding hydrogens is 200 g/mol. The van der Waals surface area contributed by atoms with Crippen LogP contribution in [-0.4, -0.2) is 15.5 Å². The summed E-state index contributed by atoms with van der Waals surface area (Å²) in [7, 11) is 0. The normalized spacial score (nSPS) is 10.9. The van der Waals surface area contributed by atoms with Gasteiger partial charge >= 0.3 is 0 Å². The molecule has 16 heavy (non-hydrogen) atoms. The number of anilines is 1. The van der Waals surface area contributed by atoms with Gasteiger partial charge in [0.15, 0.2) is 0 Å². The van der Waals surface area contributed by atoms with Crippen LogP contribution in [0, 0.1) is 18.3 Å². The van der Waals surface area contributed by atoms with Crippen molar-refractivity contribution < 1.29 is 0 Å². The molecule has 4 nitrogen and oxygen atoms in total. The van der Waals surface area contributed by atoms with Crippen molar-refractivity contribution in [2.45, 2.75) is 46.1 Å². The van der Waals surface area contributed by atoms with Gasteiger partial charge in [0.1, 0.15) is 11.8 Å². The lowest BCUT2D eigenvalue weighted by molar-refractivity contribution is 0.506. The molecule has 1 rings (SSSR count). The van der Waals surface area contributed by atoms with E-state index in [4.69, 9.17) is 5.26 Å². The van der Waals surface area contributed by atoms with Crippen LogP contribution in [0.15, 0.2) is 6.07 Å². The Bertz CT molecular complexity index is 404. The molecule has 0 aliphatic heterocycles. The number of nitriles is 1. The van der Waals surface area contributed by atoms with Crippen molar-refractivity contribution in [1.29, 1.82) is 5.26 Å². The maximum atomic E-state index is 8.82. The Kier molecular flexibility index (Phi) is 3.83. The molecule has 1 aromatic heterocycles. The number of aromatic nitrogens is 2. The highest BCUT2D eigenvalue weighted by atomic mass is 15.1. The van der Waals surface area contributed by atoms with Crippen molar-refractivity contribution in [3.63, 3.8) is 0 Å². The Morgan fingerprint density at radius 1 is 1.44 bits per heavy atom. The van der Waals surface area contributed by atoms with Crippen molar-refractivity contribution >= 4 is 5.95 Å². The first-order valence-corrected chi connectivity index (χ1v) is 5.51. The van der Waals surface area contributed by atoms with Crippen LogP contribution in [-0.2, 0) is 0 Å². The molecule has 4 heteroatoms. The highest BCUT2D eigenvalue weighted by Crippen LogP contribution is 2.17. The van der Waals surface area contributed by atoms with E-state index < -0.39 is 0 Å². The minimum absolute atomic E-state index is 0.0464. The van der Waals surface area contributed by atoms with Gasteiger partial charge in [0, 0.05) is 11.2 Å². The first-order valence-electron chi connectivity index (χ1n) is 5.51. The van der Waals surface area contributed by atoms with Crippen LogP contribution in [0.25, 0.3) is 0 Å². The lowest BCUT2D eigenvalue weighted by Gasteiger charge is -2.25. The van der Waals surface area contributed by atoms with Crippen LogP contribution in [0.4, 0.5) is 5.95 Å². The van der Waals surface area contributed by atoms with Crippen molar-refractivity contribution in [2.75, 3.05) is 5.32 Å². The number of nitrogens with zero attached hydrogens (tertiary/aromatic N) is 3. The van der Waals surface area contributed by atoms with E-state index in [-0.39, 0.29) is 5.54 Å². The molecule has 0 aliphatic carbocycles. The van der Waals surface area contributed by atoms with Crippen LogP contribution < -0.4 is 5.32 Å². The van der Waals surface area contributed by atoms with E-state index in [1.54, 1.807) is 6.07 Å². The minimum Gasteiger partial charge on any atom is -0.349 e. The van der Waals surface area contributed by atoms with E-state index in [0.717, 1.165) is 18.5 Å². The molecule has 0 saturated carbocycles. The standard InChI is InChI=1S/C12H18N4/c1-5-6-12(3,4)16-11-14-9(2)7-10(8-13)15-11/h7H,5-6H2,1-4H3,(H,14,15,16). The number of aryl methyl sites for hydroxylation is 1. The molecule has 86 valence electrons. The molecule has 1 aromatic rings. The second-order valence-corrected chi connectivity index (χ2v) is 4.59. The summed E-state index contributed by atoms with van der Waals surface area (Å²) < 4.78 is 0. The first-order chi connectivity index (χ1) is 7.46. The van der Waals surface area contributed by atoms with Crippen LogP contribution in [0.3, 0.4) is 0 Å². The van der Waals surface area contributed by atoms with Crippen molar-refractivity contribution in [2.24, 2.45) is 0 Å².